The van der Waals surface area contributed by atoms with Gasteiger partial charge in [0.2, 0.25) is 0 Å². The third-order valence-electron chi connectivity index (χ3n) is 1.37. The molecule has 6 heteroatoms. The van der Waals surface area contributed by atoms with Crippen LogP contribution in [0.3, 0.4) is 0 Å². The lowest BCUT2D eigenvalue weighted by Crippen LogP contribution is -2.05. The molecule has 0 unspecified atom stereocenters. The van der Waals surface area contributed by atoms with Gasteiger partial charge in [0.25, 0.3) is 0 Å². The Kier molecular flexibility index (Phi) is 3.92. The summed E-state index contributed by atoms with van der Waals surface area (Å²) >= 11 is 5.60. The van der Waals surface area contributed by atoms with Crippen LogP contribution in [-0.4, -0.2) is 22.7 Å². The van der Waals surface area contributed by atoms with Crippen LogP contribution in [0.2, 0.25) is 5.15 Å². The van der Waals surface area contributed by atoms with Gasteiger partial charge in [-0.1, -0.05) is 17.5 Å². The predicted molar refractivity (Wildman–Crippen MR) is 54.6 cm³/mol. The van der Waals surface area contributed by atoms with Crippen molar-refractivity contribution in [3.05, 3.63) is 22.8 Å². The van der Waals surface area contributed by atoms with Crippen LogP contribution in [0.15, 0.2) is 12.1 Å². The lowest BCUT2D eigenvalue weighted by Gasteiger charge is -2.04. The molecule has 1 heterocycles. The molecule has 15 heavy (non-hydrogen) atoms. The van der Waals surface area contributed by atoms with Crippen LogP contribution in [-0.2, 0) is 4.84 Å². The monoisotopic (exact) mass is 226 g/mol. The molecule has 0 saturated heterocycles. The average Bonchev–Trinajstić information content (AvgIpc) is 2.17. The van der Waals surface area contributed by atoms with Crippen LogP contribution >= 0.6 is 11.6 Å². The van der Waals surface area contributed by atoms with E-state index < -0.39 is 5.97 Å². The van der Waals surface area contributed by atoms with Gasteiger partial charge in [-0.15, -0.1) is 6.42 Å². The van der Waals surface area contributed by atoms with Crippen LogP contribution in [0.1, 0.15) is 10.4 Å². The smallest absolute Gasteiger partial charge is 0.335 e. The minimum Gasteiger partial charge on any atom is -0.478 e. The molecule has 0 atom stereocenters. The summed E-state index contributed by atoms with van der Waals surface area (Å²) in [7, 11) is 0. The first-order chi connectivity index (χ1) is 7.13. The molecule has 0 spiro atoms. The number of terminal acetylenes is 1. The number of aromatic nitrogens is 1. The van der Waals surface area contributed by atoms with Gasteiger partial charge in [0, 0.05) is 0 Å². The number of hydrogen-bond acceptors (Lipinski definition) is 4. The highest BCUT2D eigenvalue weighted by atomic mass is 35.5. The Bertz CT molecular complexity index is 414. The molecular formula is C9H7ClN2O3. The van der Waals surface area contributed by atoms with E-state index in [0.29, 0.717) is 0 Å². The molecule has 0 fully saturated rings. The number of pyridine rings is 1. The van der Waals surface area contributed by atoms with Crippen molar-refractivity contribution >= 4 is 23.4 Å². The van der Waals surface area contributed by atoms with E-state index in [-0.39, 0.29) is 23.1 Å². The summed E-state index contributed by atoms with van der Waals surface area (Å²) in [6, 6.07) is 2.51. The van der Waals surface area contributed by atoms with Crippen molar-refractivity contribution in [3.8, 4) is 12.3 Å². The van der Waals surface area contributed by atoms with Crippen molar-refractivity contribution in [2.75, 3.05) is 12.1 Å². The Morgan fingerprint density at radius 2 is 2.47 bits per heavy atom. The second-order valence-electron chi connectivity index (χ2n) is 2.46. The molecule has 0 bridgehead atoms. The molecule has 0 amide bonds. The molecule has 0 saturated carbocycles. The molecular weight excluding hydrogens is 220 g/mol. The molecule has 1 aromatic rings. The minimum atomic E-state index is -1.10. The van der Waals surface area contributed by atoms with Gasteiger partial charge in [0.15, 0.2) is 5.82 Å². The molecule has 0 aliphatic carbocycles. The van der Waals surface area contributed by atoms with E-state index in [9.17, 15) is 4.79 Å². The van der Waals surface area contributed by atoms with Gasteiger partial charge in [-0.2, -0.15) is 0 Å². The lowest BCUT2D eigenvalue weighted by atomic mass is 10.3. The van der Waals surface area contributed by atoms with E-state index in [1.54, 1.807) is 0 Å². The zero-order valence-corrected chi connectivity index (χ0v) is 8.28. The number of aromatic carboxylic acids is 1. The van der Waals surface area contributed by atoms with E-state index in [1.807, 2.05) is 0 Å². The van der Waals surface area contributed by atoms with Crippen molar-refractivity contribution in [2.24, 2.45) is 0 Å². The highest BCUT2D eigenvalue weighted by Gasteiger charge is 2.07. The van der Waals surface area contributed by atoms with Crippen LogP contribution in [0.25, 0.3) is 0 Å². The SMILES string of the molecule is C#CCONc1cc(C(=O)O)cc(Cl)n1. The third kappa shape index (κ3) is 3.46. The zero-order chi connectivity index (χ0) is 11.3. The summed E-state index contributed by atoms with van der Waals surface area (Å²) in [4.78, 5) is 19.2. The molecule has 1 rings (SSSR count). The van der Waals surface area contributed by atoms with Gasteiger partial charge in [-0.05, 0) is 12.1 Å². The lowest BCUT2D eigenvalue weighted by molar-refractivity contribution is 0.0696. The topological polar surface area (TPSA) is 71.5 Å². The standard InChI is InChI=1S/C9H7ClN2O3/c1-2-3-15-12-8-5-6(9(13)14)4-7(10)11-8/h1,4-5H,3H2,(H,11,12)(H,13,14). The third-order valence-corrected chi connectivity index (χ3v) is 1.57. The van der Waals surface area contributed by atoms with Crippen molar-refractivity contribution in [1.82, 2.24) is 4.98 Å². The quantitative estimate of drug-likeness (QED) is 0.352. The highest BCUT2D eigenvalue weighted by molar-refractivity contribution is 6.29. The molecule has 5 nitrogen and oxygen atoms in total. The Labute approximate surface area is 91.0 Å². The maximum absolute atomic E-state index is 10.6. The summed E-state index contributed by atoms with van der Waals surface area (Å²) in [5.74, 6) is 1.32. The number of hydrogen-bond donors (Lipinski definition) is 2. The molecule has 0 aliphatic heterocycles. The second-order valence-corrected chi connectivity index (χ2v) is 2.85. The van der Waals surface area contributed by atoms with Gasteiger partial charge < -0.3 is 5.11 Å². The Balaban J connectivity index is 2.80. The van der Waals surface area contributed by atoms with Gasteiger partial charge in [-0.3, -0.25) is 4.84 Å². The minimum absolute atomic E-state index is 0.0156. The normalized spacial score (nSPS) is 9.33. The Morgan fingerprint density at radius 1 is 1.73 bits per heavy atom. The van der Waals surface area contributed by atoms with Gasteiger partial charge in [0.05, 0.1) is 5.56 Å². The van der Waals surface area contributed by atoms with Gasteiger partial charge in [0.1, 0.15) is 11.8 Å². The number of rotatable bonds is 4. The van der Waals surface area contributed by atoms with Crippen molar-refractivity contribution in [1.29, 1.82) is 0 Å². The fraction of sp³-hybridized carbons (Fsp3) is 0.111. The first-order valence-corrected chi connectivity index (χ1v) is 4.23. The van der Waals surface area contributed by atoms with Crippen LogP contribution in [0.4, 0.5) is 5.82 Å². The van der Waals surface area contributed by atoms with Crippen molar-refractivity contribution in [2.45, 2.75) is 0 Å². The average molecular weight is 227 g/mol. The summed E-state index contributed by atoms with van der Waals surface area (Å²) in [5.41, 5.74) is 2.40. The van der Waals surface area contributed by atoms with Gasteiger partial charge >= 0.3 is 5.97 Å². The van der Waals surface area contributed by atoms with Gasteiger partial charge in [-0.25, -0.2) is 15.3 Å². The largest absolute Gasteiger partial charge is 0.478 e. The predicted octanol–water partition coefficient (Wildman–Crippen LogP) is 1.41. The fourth-order valence-corrected chi connectivity index (χ4v) is 1.03. The number of carboxylic acid groups (broad SMARTS) is 1. The molecule has 0 radical (unpaired) electrons. The van der Waals surface area contributed by atoms with Crippen LogP contribution in [0, 0.1) is 12.3 Å². The molecule has 0 aromatic carbocycles. The van der Waals surface area contributed by atoms with E-state index >= 15 is 0 Å². The highest BCUT2D eigenvalue weighted by Crippen LogP contribution is 2.14. The van der Waals surface area contributed by atoms with E-state index in [4.69, 9.17) is 28.0 Å². The second kappa shape index (κ2) is 5.20. The first-order valence-electron chi connectivity index (χ1n) is 3.85. The first kappa shape index (κ1) is 11.3. The number of carboxylic acids is 1. The Hall–Kier alpha value is -1.77. The number of anilines is 1. The molecule has 78 valence electrons. The zero-order valence-electron chi connectivity index (χ0n) is 7.53. The maximum atomic E-state index is 10.6. The molecule has 1 aromatic heterocycles. The maximum Gasteiger partial charge on any atom is 0.335 e. The van der Waals surface area contributed by atoms with Crippen molar-refractivity contribution in [3.63, 3.8) is 0 Å². The fourth-order valence-electron chi connectivity index (χ4n) is 0.824. The molecule has 0 aliphatic rings. The number of halogens is 1. The Morgan fingerprint density at radius 3 is 3.07 bits per heavy atom. The van der Waals surface area contributed by atoms with Crippen LogP contribution in [0.5, 0.6) is 0 Å². The number of nitrogens with one attached hydrogen (secondary N) is 1. The van der Waals surface area contributed by atoms with E-state index in [1.165, 1.54) is 12.1 Å². The number of carbonyl (C=O) groups is 1. The summed E-state index contributed by atoms with van der Waals surface area (Å²) in [5, 5.41) is 8.78. The van der Waals surface area contributed by atoms with Crippen molar-refractivity contribution < 1.29 is 14.7 Å². The van der Waals surface area contributed by atoms with Crippen LogP contribution < -0.4 is 5.48 Å². The summed E-state index contributed by atoms with van der Waals surface area (Å²) < 4.78 is 0. The summed E-state index contributed by atoms with van der Waals surface area (Å²) in [6.45, 7) is 0.0383. The van der Waals surface area contributed by atoms with E-state index in [2.05, 4.69) is 16.4 Å². The number of nitrogens with zero attached hydrogens (tertiary/aromatic N) is 1. The van der Waals surface area contributed by atoms with E-state index in [0.717, 1.165) is 0 Å². The molecule has 2 N–H and O–H groups in total. The summed E-state index contributed by atoms with van der Waals surface area (Å²) in [6.07, 6.45) is 4.95.